The molecule has 114 valence electrons. The molecule has 1 atom stereocenters. The Labute approximate surface area is 128 Å². The normalized spacial score (nSPS) is 13.9. The van der Waals surface area contributed by atoms with E-state index in [0.29, 0.717) is 5.69 Å². The number of hydrogen-bond donors (Lipinski definition) is 3. The number of amides is 2. The first-order chi connectivity index (χ1) is 10.6. The second kappa shape index (κ2) is 5.77. The molecule has 0 saturated heterocycles. The zero-order valence-corrected chi connectivity index (χ0v) is 12.3. The third kappa shape index (κ3) is 2.55. The topological polar surface area (TPSA) is 78.4 Å². The molecule has 3 rings (SSSR count). The van der Waals surface area contributed by atoms with Gasteiger partial charge < -0.3 is 15.7 Å². The maximum Gasteiger partial charge on any atom is 0.313 e. The fourth-order valence-electron chi connectivity index (χ4n) is 2.87. The van der Waals surface area contributed by atoms with Crippen molar-refractivity contribution in [3.63, 3.8) is 0 Å². The van der Waals surface area contributed by atoms with Crippen molar-refractivity contribution in [3.05, 3.63) is 41.5 Å². The average molecular weight is 298 g/mol. The Hall–Kier alpha value is -2.40. The molecule has 0 fully saturated rings. The number of carbonyl (C=O) groups excluding carboxylic acids is 2. The maximum absolute atomic E-state index is 12.0. The molecule has 3 N–H and O–H groups in total. The van der Waals surface area contributed by atoms with E-state index in [1.165, 1.54) is 16.5 Å². The van der Waals surface area contributed by atoms with E-state index in [-0.39, 0.29) is 6.61 Å². The van der Waals surface area contributed by atoms with Crippen LogP contribution in [-0.2, 0) is 22.4 Å². The fraction of sp³-hybridized carbons (Fsp3) is 0.294. The van der Waals surface area contributed by atoms with Crippen LogP contribution in [0.4, 0.5) is 5.69 Å². The van der Waals surface area contributed by atoms with Crippen molar-refractivity contribution in [2.45, 2.75) is 25.8 Å². The van der Waals surface area contributed by atoms with E-state index in [1.54, 1.807) is 6.92 Å². The first-order valence-corrected chi connectivity index (χ1v) is 7.36. The highest BCUT2D eigenvalue weighted by atomic mass is 16.3. The summed E-state index contributed by atoms with van der Waals surface area (Å²) >= 11 is 0. The minimum absolute atomic E-state index is 0.208. The third-order valence-electron chi connectivity index (χ3n) is 3.98. The van der Waals surface area contributed by atoms with Gasteiger partial charge in [-0.2, -0.15) is 0 Å². The van der Waals surface area contributed by atoms with Crippen LogP contribution in [0.1, 0.15) is 18.1 Å². The van der Waals surface area contributed by atoms with Gasteiger partial charge in [0, 0.05) is 17.1 Å². The highest BCUT2D eigenvalue weighted by Gasteiger charge is 2.19. The van der Waals surface area contributed by atoms with Gasteiger partial charge in [0.15, 0.2) is 0 Å². The Morgan fingerprint density at radius 1 is 1.14 bits per heavy atom. The second-order valence-corrected chi connectivity index (χ2v) is 5.62. The van der Waals surface area contributed by atoms with Gasteiger partial charge in [0.25, 0.3) is 0 Å². The number of aryl methyl sites for hydroxylation is 2. The van der Waals surface area contributed by atoms with Crippen LogP contribution < -0.4 is 10.6 Å². The Morgan fingerprint density at radius 2 is 1.86 bits per heavy atom. The number of benzene rings is 2. The fourth-order valence-corrected chi connectivity index (χ4v) is 2.87. The SMILES string of the molecule is CC(CO)NC(=O)C(=O)Nc1ccc2c3c(cccc13)CC2. The second-order valence-electron chi connectivity index (χ2n) is 5.62. The molecular weight excluding hydrogens is 280 g/mol. The molecule has 22 heavy (non-hydrogen) atoms. The van der Waals surface area contributed by atoms with E-state index in [2.05, 4.69) is 16.7 Å². The van der Waals surface area contributed by atoms with E-state index in [9.17, 15) is 9.59 Å². The van der Waals surface area contributed by atoms with Crippen molar-refractivity contribution in [2.75, 3.05) is 11.9 Å². The van der Waals surface area contributed by atoms with Gasteiger partial charge in [0.2, 0.25) is 0 Å². The van der Waals surface area contributed by atoms with Gasteiger partial charge in [0.05, 0.1) is 6.61 Å². The highest BCUT2D eigenvalue weighted by molar-refractivity contribution is 6.40. The van der Waals surface area contributed by atoms with Crippen molar-refractivity contribution in [2.24, 2.45) is 0 Å². The monoisotopic (exact) mass is 298 g/mol. The lowest BCUT2D eigenvalue weighted by Crippen LogP contribution is -2.42. The lowest BCUT2D eigenvalue weighted by Gasteiger charge is -2.12. The van der Waals surface area contributed by atoms with E-state index < -0.39 is 17.9 Å². The summed E-state index contributed by atoms with van der Waals surface area (Å²) in [5.41, 5.74) is 3.20. The van der Waals surface area contributed by atoms with Gasteiger partial charge in [-0.3, -0.25) is 9.59 Å². The van der Waals surface area contributed by atoms with Crippen LogP contribution >= 0.6 is 0 Å². The minimum Gasteiger partial charge on any atom is -0.394 e. The van der Waals surface area contributed by atoms with Crippen molar-refractivity contribution >= 4 is 28.3 Å². The van der Waals surface area contributed by atoms with Gasteiger partial charge in [0.1, 0.15) is 0 Å². The summed E-state index contributed by atoms with van der Waals surface area (Å²) in [6.07, 6.45) is 2.02. The first kappa shape index (κ1) is 14.5. The maximum atomic E-state index is 12.0. The number of anilines is 1. The van der Waals surface area contributed by atoms with Gasteiger partial charge in [-0.05, 0) is 42.3 Å². The van der Waals surface area contributed by atoms with E-state index in [0.717, 1.165) is 18.2 Å². The smallest absolute Gasteiger partial charge is 0.313 e. The van der Waals surface area contributed by atoms with Gasteiger partial charge in [-0.1, -0.05) is 24.3 Å². The number of carbonyl (C=O) groups is 2. The molecule has 2 amide bonds. The van der Waals surface area contributed by atoms with Gasteiger partial charge >= 0.3 is 11.8 Å². The number of hydrogen-bond acceptors (Lipinski definition) is 3. The molecule has 5 heteroatoms. The van der Waals surface area contributed by atoms with Crippen LogP contribution in [0.3, 0.4) is 0 Å². The highest BCUT2D eigenvalue weighted by Crippen LogP contribution is 2.34. The van der Waals surface area contributed by atoms with Crippen LogP contribution in [0.15, 0.2) is 30.3 Å². The van der Waals surface area contributed by atoms with Crippen LogP contribution in [0, 0.1) is 0 Å². The molecule has 1 aliphatic carbocycles. The number of aliphatic hydroxyl groups is 1. The van der Waals surface area contributed by atoms with Crippen LogP contribution in [-0.4, -0.2) is 29.6 Å². The Balaban J connectivity index is 1.86. The molecule has 2 aromatic carbocycles. The van der Waals surface area contributed by atoms with Crippen molar-refractivity contribution < 1.29 is 14.7 Å². The van der Waals surface area contributed by atoms with E-state index >= 15 is 0 Å². The molecule has 0 aliphatic heterocycles. The lowest BCUT2D eigenvalue weighted by atomic mass is 10.0. The molecule has 5 nitrogen and oxygen atoms in total. The van der Waals surface area contributed by atoms with Gasteiger partial charge in [-0.25, -0.2) is 0 Å². The Bertz CT molecular complexity index is 745. The summed E-state index contributed by atoms with van der Waals surface area (Å²) in [7, 11) is 0. The molecular formula is C17H18N2O3. The predicted molar refractivity (Wildman–Crippen MR) is 84.7 cm³/mol. The van der Waals surface area contributed by atoms with E-state index in [4.69, 9.17) is 5.11 Å². The number of aliphatic hydroxyl groups excluding tert-OH is 1. The zero-order chi connectivity index (χ0) is 15.7. The lowest BCUT2D eigenvalue weighted by molar-refractivity contribution is -0.136. The van der Waals surface area contributed by atoms with Crippen LogP contribution in [0.2, 0.25) is 0 Å². The Morgan fingerprint density at radius 3 is 2.59 bits per heavy atom. The quantitative estimate of drug-likeness (QED) is 0.749. The summed E-state index contributed by atoms with van der Waals surface area (Å²) in [5, 5.41) is 16.2. The van der Waals surface area contributed by atoms with E-state index in [1.807, 2.05) is 24.3 Å². The third-order valence-corrected chi connectivity index (χ3v) is 3.98. The zero-order valence-electron chi connectivity index (χ0n) is 12.3. The molecule has 0 bridgehead atoms. The molecule has 2 aromatic rings. The summed E-state index contributed by atoms with van der Waals surface area (Å²) < 4.78 is 0. The average Bonchev–Trinajstić information content (AvgIpc) is 2.94. The molecule has 0 heterocycles. The Kier molecular flexibility index (Phi) is 3.81. The summed E-state index contributed by atoms with van der Waals surface area (Å²) in [6, 6.07) is 9.41. The van der Waals surface area contributed by atoms with Crippen LogP contribution in [0.5, 0.6) is 0 Å². The largest absolute Gasteiger partial charge is 0.394 e. The summed E-state index contributed by atoms with van der Waals surface area (Å²) in [4.78, 5) is 23.8. The van der Waals surface area contributed by atoms with Gasteiger partial charge in [-0.15, -0.1) is 0 Å². The summed E-state index contributed by atoms with van der Waals surface area (Å²) in [6.45, 7) is 1.42. The van der Waals surface area contributed by atoms with Crippen molar-refractivity contribution in [1.29, 1.82) is 0 Å². The first-order valence-electron chi connectivity index (χ1n) is 7.36. The van der Waals surface area contributed by atoms with Crippen molar-refractivity contribution in [3.8, 4) is 0 Å². The molecule has 1 unspecified atom stereocenters. The van der Waals surface area contributed by atoms with Crippen molar-refractivity contribution in [1.82, 2.24) is 5.32 Å². The molecule has 0 aromatic heterocycles. The molecule has 0 radical (unpaired) electrons. The minimum atomic E-state index is -0.746. The number of rotatable bonds is 3. The predicted octanol–water partition coefficient (Wildman–Crippen LogP) is 1.37. The standard InChI is InChI=1S/C17H18N2O3/c1-10(9-20)18-16(21)17(22)19-14-8-7-12-6-5-11-3-2-4-13(14)15(11)12/h2-4,7-8,10,20H,5-6,9H2,1H3,(H,18,21)(H,19,22). The molecule has 1 aliphatic rings. The van der Waals surface area contributed by atoms with Crippen LogP contribution in [0.25, 0.3) is 10.8 Å². The number of nitrogens with one attached hydrogen (secondary N) is 2. The summed E-state index contributed by atoms with van der Waals surface area (Å²) in [5.74, 6) is -1.47. The molecule has 0 saturated carbocycles. The molecule has 0 spiro atoms.